The van der Waals surface area contributed by atoms with E-state index in [4.69, 9.17) is 22.1 Å². The summed E-state index contributed by atoms with van der Waals surface area (Å²) in [4.78, 5) is 0. The zero-order valence-electron chi connectivity index (χ0n) is 10.5. The zero-order chi connectivity index (χ0) is 13.1. The molecule has 94 valence electrons. The Hall–Kier alpha value is -1.51. The predicted molar refractivity (Wildman–Crippen MR) is 75.3 cm³/mol. The molecule has 0 aliphatic heterocycles. The largest absolute Gasteiger partial charge is 0.457 e. The fourth-order valence-electron chi connectivity index (χ4n) is 1.79. The van der Waals surface area contributed by atoms with Gasteiger partial charge in [0.05, 0.1) is 0 Å². The molecule has 2 rings (SSSR count). The SMILES string of the molecule is Cc1cc(Oc2ccc(CN)cc2)cc(C)c1Cl. The average molecular weight is 262 g/mol. The van der Waals surface area contributed by atoms with Crippen LogP contribution >= 0.6 is 11.6 Å². The molecule has 18 heavy (non-hydrogen) atoms. The Morgan fingerprint density at radius 2 is 1.56 bits per heavy atom. The van der Waals surface area contributed by atoms with Crippen molar-refractivity contribution in [1.82, 2.24) is 0 Å². The van der Waals surface area contributed by atoms with E-state index >= 15 is 0 Å². The van der Waals surface area contributed by atoms with Crippen molar-refractivity contribution in [2.24, 2.45) is 5.73 Å². The molecule has 3 heteroatoms. The third-order valence-corrected chi connectivity index (χ3v) is 3.40. The number of benzene rings is 2. The number of hydrogen-bond acceptors (Lipinski definition) is 2. The smallest absolute Gasteiger partial charge is 0.128 e. The van der Waals surface area contributed by atoms with E-state index in [1.165, 1.54) is 0 Å². The topological polar surface area (TPSA) is 35.2 Å². The average Bonchev–Trinajstić information content (AvgIpc) is 2.37. The van der Waals surface area contributed by atoms with Crippen molar-refractivity contribution in [2.45, 2.75) is 20.4 Å². The molecule has 0 bridgehead atoms. The Morgan fingerprint density at radius 3 is 2.06 bits per heavy atom. The lowest BCUT2D eigenvalue weighted by molar-refractivity contribution is 0.481. The molecule has 0 fully saturated rings. The highest BCUT2D eigenvalue weighted by Crippen LogP contribution is 2.29. The molecule has 2 aromatic rings. The molecular formula is C15H16ClNO. The molecular weight excluding hydrogens is 246 g/mol. The van der Waals surface area contributed by atoms with Crippen LogP contribution in [0.4, 0.5) is 0 Å². The van der Waals surface area contributed by atoms with Gasteiger partial charge in [-0.25, -0.2) is 0 Å². The van der Waals surface area contributed by atoms with Crippen LogP contribution in [0, 0.1) is 13.8 Å². The van der Waals surface area contributed by atoms with Gasteiger partial charge in [0.25, 0.3) is 0 Å². The number of nitrogens with two attached hydrogens (primary N) is 1. The summed E-state index contributed by atoms with van der Waals surface area (Å²) in [7, 11) is 0. The molecule has 0 heterocycles. The molecule has 0 amide bonds. The normalized spacial score (nSPS) is 10.4. The Morgan fingerprint density at radius 1 is 1.00 bits per heavy atom. The molecule has 0 saturated heterocycles. The summed E-state index contributed by atoms with van der Waals surface area (Å²) in [6, 6.07) is 11.6. The van der Waals surface area contributed by atoms with Crippen LogP contribution in [0.15, 0.2) is 36.4 Å². The minimum Gasteiger partial charge on any atom is -0.457 e. The molecule has 0 aliphatic rings. The second-order valence-corrected chi connectivity index (χ2v) is 4.70. The van der Waals surface area contributed by atoms with E-state index in [-0.39, 0.29) is 0 Å². The zero-order valence-corrected chi connectivity index (χ0v) is 11.3. The monoisotopic (exact) mass is 261 g/mol. The van der Waals surface area contributed by atoms with Gasteiger partial charge < -0.3 is 10.5 Å². The number of ether oxygens (including phenoxy) is 1. The third kappa shape index (κ3) is 2.84. The first-order chi connectivity index (χ1) is 8.60. The third-order valence-electron chi connectivity index (χ3n) is 2.80. The lowest BCUT2D eigenvalue weighted by Crippen LogP contribution is -1.95. The van der Waals surface area contributed by atoms with Crippen molar-refractivity contribution in [3.63, 3.8) is 0 Å². The second kappa shape index (κ2) is 5.42. The summed E-state index contributed by atoms with van der Waals surface area (Å²) < 4.78 is 5.80. The maximum atomic E-state index is 6.12. The highest BCUT2D eigenvalue weighted by Gasteiger charge is 2.04. The van der Waals surface area contributed by atoms with Gasteiger partial charge in [-0.05, 0) is 54.8 Å². The predicted octanol–water partition coefficient (Wildman–Crippen LogP) is 4.21. The van der Waals surface area contributed by atoms with Crippen LogP contribution in [0.2, 0.25) is 5.02 Å². The van der Waals surface area contributed by atoms with E-state index in [1.54, 1.807) is 0 Å². The Balaban J connectivity index is 2.23. The van der Waals surface area contributed by atoms with Gasteiger partial charge in [-0.2, -0.15) is 0 Å². The minimum atomic E-state index is 0.541. The number of rotatable bonds is 3. The lowest BCUT2D eigenvalue weighted by atomic mass is 10.1. The first-order valence-corrected chi connectivity index (χ1v) is 6.21. The van der Waals surface area contributed by atoms with Gasteiger partial charge in [0.1, 0.15) is 11.5 Å². The molecule has 2 aromatic carbocycles. The van der Waals surface area contributed by atoms with Crippen LogP contribution in [-0.4, -0.2) is 0 Å². The fraction of sp³-hybridized carbons (Fsp3) is 0.200. The van der Waals surface area contributed by atoms with Crippen LogP contribution in [0.25, 0.3) is 0 Å². The van der Waals surface area contributed by atoms with Crippen molar-refractivity contribution in [3.05, 3.63) is 58.1 Å². The minimum absolute atomic E-state index is 0.541. The van der Waals surface area contributed by atoms with Crippen molar-refractivity contribution in [1.29, 1.82) is 0 Å². The second-order valence-electron chi connectivity index (χ2n) is 4.32. The summed E-state index contributed by atoms with van der Waals surface area (Å²) >= 11 is 6.12. The molecule has 0 saturated carbocycles. The van der Waals surface area contributed by atoms with Gasteiger partial charge in [-0.3, -0.25) is 0 Å². The van der Waals surface area contributed by atoms with Crippen LogP contribution in [0.5, 0.6) is 11.5 Å². The summed E-state index contributed by atoms with van der Waals surface area (Å²) in [5.74, 6) is 1.60. The van der Waals surface area contributed by atoms with Crippen LogP contribution < -0.4 is 10.5 Å². The molecule has 2 N–H and O–H groups in total. The van der Waals surface area contributed by atoms with E-state index in [9.17, 15) is 0 Å². The van der Waals surface area contributed by atoms with Gasteiger partial charge in [-0.1, -0.05) is 23.7 Å². The van der Waals surface area contributed by atoms with Gasteiger partial charge in [-0.15, -0.1) is 0 Å². The summed E-state index contributed by atoms with van der Waals surface area (Å²) in [6.07, 6.45) is 0. The van der Waals surface area contributed by atoms with Gasteiger partial charge in [0.15, 0.2) is 0 Å². The summed E-state index contributed by atoms with van der Waals surface area (Å²) in [6.45, 7) is 4.48. The van der Waals surface area contributed by atoms with Gasteiger partial charge >= 0.3 is 0 Å². The Labute approximate surface area is 112 Å². The Kier molecular flexibility index (Phi) is 3.90. The highest BCUT2D eigenvalue weighted by molar-refractivity contribution is 6.32. The van der Waals surface area contributed by atoms with E-state index in [2.05, 4.69) is 0 Å². The first-order valence-electron chi connectivity index (χ1n) is 5.84. The van der Waals surface area contributed by atoms with Crippen molar-refractivity contribution < 1.29 is 4.74 Å². The molecule has 0 aliphatic carbocycles. The molecule has 0 aromatic heterocycles. The van der Waals surface area contributed by atoms with Crippen molar-refractivity contribution >= 4 is 11.6 Å². The lowest BCUT2D eigenvalue weighted by Gasteiger charge is -2.10. The molecule has 0 spiro atoms. The van der Waals surface area contributed by atoms with Crippen molar-refractivity contribution in [2.75, 3.05) is 0 Å². The van der Waals surface area contributed by atoms with Crippen molar-refractivity contribution in [3.8, 4) is 11.5 Å². The Bertz CT molecular complexity index is 526. The van der Waals surface area contributed by atoms with Crippen LogP contribution in [0.1, 0.15) is 16.7 Å². The molecule has 0 atom stereocenters. The van der Waals surface area contributed by atoms with Crippen LogP contribution in [0.3, 0.4) is 0 Å². The van der Waals surface area contributed by atoms with E-state index in [1.807, 2.05) is 50.2 Å². The molecule has 0 radical (unpaired) electrons. The maximum Gasteiger partial charge on any atom is 0.128 e. The summed E-state index contributed by atoms with van der Waals surface area (Å²) in [5, 5.41) is 0.792. The molecule has 2 nitrogen and oxygen atoms in total. The first kappa shape index (κ1) is 12.9. The standard InChI is InChI=1S/C15H16ClNO/c1-10-7-14(8-11(2)15(10)16)18-13-5-3-12(9-17)4-6-13/h3-8H,9,17H2,1-2H3. The molecule has 0 unspecified atom stereocenters. The van der Waals surface area contributed by atoms with Crippen LogP contribution in [-0.2, 0) is 6.54 Å². The van der Waals surface area contributed by atoms with Gasteiger partial charge in [0, 0.05) is 11.6 Å². The maximum absolute atomic E-state index is 6.12. The highest BCUT2D eigenvalue weighted by atomic mass is 35.5. The van der Waals surface area contributed by atoms with Gasteiger partial charge in [0.2, 0.25) is 0 Å². The number of hydrogen-bond donors (Lipinski definition) is 1. The number of halogens is 1. The number of aryl methyl sites for hydroxylation is 2. The quantitative estimate of drug-likeness (QED) is 0.898. The summed E-state index contributed by atoms with van der Waals surface area (Å²) in [5.41, 5.74) is 8.68. The fourth-order valence-corrected chi connectivity index (χ4v) is 1.90. The van der Waals surface area contributed by atoms with E-state index in [0.717, 1.165) is 33.2 Å². The van der Waals surface area contributed by atoms with E-state index < -0.39 is 0 Å². The van der Waals surface area contributed by atoms with E-state index in [0.29, 0.717) is 6.54 Å².